The number of rotatable bonds is 6. The number of hydrogen-bond acceptors (Lipinski definition) is 4. The molecular weight excluding hydrogens is 194 g/mol. The van der Waals surface area contributed by atoms with Crippen LogP contribution in [0.4, 0.5) is 0 Å². The summed E-state index contributed by atoms with van der Waals surface area (Å²) in [5.41, 5.74) is 5.76. The summed E-state index contributed by atoms with van der Waals surface area (Å²) in [7, 11) is 1.62. The lowest BCUT2D eigenvalue weighted by molar-refractivity contribution is -0.122. The molecule has 4 nitrogen and oxygen atoms in total. The molecular formula is C11H21NO3. The average molecular weight is 215 g/mol. The second-order valence-corrected chi connectivity index (χ2v) is 4.11. The Labute approximate surface area is 91.1 Å². The first-order valence-electron chi connectivity index (χ1n) is 5.59. The minimum atomic E-state index is -0.354. The van der Waals surface area contributed by atoms with Crippen molar-refractivity contribution in [3.05, 3.63) is 0 Å². The lowest BCUT2D eigenvalue weighted by Gasteiger charge is -2.22. The average Bonchev–Trinajstić information content (AvgIpc) is 2.27. The highest BCUT2D eigenvalue weighted by Crippen LogP contribution is 2.19. The van der Waals surface area contributed by atoms with Crippen LogP contribution in [0.3, 0.4) is 0 Å². The van der Waals surface area contributed by atoms with Gasteiger partial charge in [0.05, 0.1) is 6.04 Å². The number of methoxy groups -OCH3 is 1. The van der Waals surface area contributed by atoms with Crippen molar-refractivity contribution in [3.63, 3.8) is 0 Å². The molecule has 2 N–H and O–H groups in total. The number of Topliss-reactive ketones (excluding diaryl/α,β-unsaturated/α-hetero) is 1. The van der Waals surface area contributed by atoms with Crippen molar-refractivity contribution >= 4 is 5.78 Å². The van der Waals surface area contributed by atoms with Gasteiger partial charge in [0.15, 0.2) is 0 Å². The Morgan fingerprint density at radius 1 is 1.53 bits per heavy atom. The molecule has 0 saturated carbocycles. The highest BCUT2D eigenvalue weighted by atomic mass is 16.5. The largest absolute Gasteiger partial charge is 0.385 e. The molecule has 15 heavy (non-hydrogen) atoms. The Bertz CT molecular complexity index is 190. The normalized spacial score (nSPS) is 20.1. The predicted octanol–water partition coefficient (Wildman–Crippen LogP) is 0.736. The third-order valence-corrected chi connectivity index (χ3v) is 2.88. The summed E-state index contributed by atoms with van der Waals surface area (Å²) in [5, 5.41) is 0. The molecule has 1 aliphatic heterocycles. The van der Waals surface area contributed by atoms with E-state index in [9.17, 15) is 4.79 Å². The number of nitrogens with two attached hydrogens (primary N) is 1. The van der Waals surface area contributed by atoms with Crippen LogP contribution in [-0.2, 0) is 14.3 Å². The van der Waals surface area contributed by atoms with Gasteiger partial charge in [0, 0.05) is 33.4 Å². The maximum absolute atomic E-state index is 11.7. The van der Waals surface area contributed by atoms with E-state index in [1.807, 2.05) is 0 Å². The number of hydrogen-bond donors (Lipinski definition) is 1. The lowest BCUT2D eigenvalue weighted by Crippen LogP contribution is -2.33. The zero-order valence-corrected chi connectivity index (χ0v) is 9.41. The van der Waals surface area contributed by atoms with E-state index in [4.69, 9.17) is 15.2 Å². The Hall–Kier alpha value is -0.450. The van der Waals surface area contributed by atoms with Crippen molar-refractivity contribution in [2.45, 2.75) is 31.7 Å². The zero-order valence-electron chi connectivity index (χ0n) is 9.41. The molecule has 1 unspecified atom stereocenters. The molecule has 1 fully saturated rings. The van der Waals surface area contributed by atoms with E-state index < -0.39 is 0 Å². The molecule has 0 bridgehead atoms. The van der Waals surface area contributed by atoms with Gasteiger partial charge in [-0.3, -0.25) is 4.79 Å². The molecule has 88 valence electrons. The first kappa shape index (κ1) is 12.6. The molecule has 0 aromatic rings. The van der Waals surface area contributed by atoms with Gasteiger partial charge < -0.3 is 15.2 Å². The van der Waals surface area contributed by atoms with Crippen LogP contribution in [0.5, 0.6) is 0 Å². The fourth-order valence-corrected chi connectivity index (χ4v) is 1.79. The molecule has 1 atom stereocenters. The molecule has 1 aliphatic rings. The SMILES string of the molecule is COCCC(N)C(=O)CC1CCOCC1. The first-order chi connectivity index (χ1) is 7.24. The number of carbonyl (C=O) groups excluding carboxylic acids is 1. The van der Waals surface area contributed by atoms with Gasteiger partial charge >= 0.3 is 0 Å². The van der Waals surface area contributed by atoms with Crippen molar-refractivity contribution in [2.75, 3.05) is 26.9 Å². The van der Waals surface area contributed by atoms with Gasteiger partial charge in [-0.05, 0) is 25.2 Å². The van der Waals surface area contributed by atoms with Crippen LogP contribution < -0.4 is 5.73 Å². The zero-order chi connectivity index (χ0) is 11.1. The Kier molecular flexibility index (Phi) is 5.83. The first-order valence-corrected chi connectivity index (χ1v) is 5.59. The minimum Gasteiger partial charge on any atom is -0.385 e. The quantitative estimate of drug-likeness (QED) is 0.709. The van der Waals surface area contributed by atoms with Crippen molar-refractivity contribution in [2.24, 2.45) is 11.7 Å². The minimum absolute atomic E-state index is 0.166. The summed E-state index contributed by atoms with van der Waals surface area (Å²) < 4.78 is 10.1. The topological polar surface area (TPSA) is 61.5 Å². The van der Waals surface area contributed by atoms with E-state index in [0.717, 1.165) is 26.1 Å². The van der Waals surface area contributed by atoms with Gasteiger partial charge in [-0.25, -0.2) is 0 Å². The van der Waals surface area contributed by atoms with Crippen LogP contribution in [-0.4, -0.2) is 38.8 Å². The van der Waals surface area contributed by atoms with Crippen LogP contribution in [0.1, 0.15) is 25.7 Å². The van der Waals surface area contributed by atoms with Crippen LogP contribution in [0.2, 0.25) is 0 Å². The van der Waals surface area contributed by atoms with Gasteiger partial charge in [0.1, 0.15) is 5.78 Å². The fraction of sp³-hybridized carbons (Fsp3) is 0.909. The van der Waals surface area contributed by atoms with Crippen LogP contribution in [0.25, 0.3) is 0 Å². The summed E-state index contributed by atoms with van der Waals surface area (Å²) in [6.07, 6.45) is 3.21. The molecule has 1 rings (SSSR count). The molecule has 0 radical (unpaired) electrons. The highest BCUT2D eigenvalue weighted by Gasteiger charge is 2.20. The third kappa shape index (κ3) is 4.73. The Morgan fingerprint density at radius 2 is 2.20 bits per heavy atom. The van der Waals surface area contributed by atoms with Gasteiger partial charge in [-0.2, -0.15) is 0 Å². The van der Waals surface area contributed by atoms with Crippen molar-refractivity contribution in [3.8, 4) is 0 Å². The maximum atomic E-state index is 11.7. The summed E-state index contributed by atoms with van der Waals surface area (Å²) in [5.74, 6) is 0.638. The van der Waals surface area contributed by atoms with E-state index in [2.05, 4.69) is 0 Å². The summed E-state index contributed by atoms with van der Waals surface area (Å²) in [6.45, 7) is 2.12. The number of carbonyl (C=O) groups is 1. The van der Waals surface area contributed by atoms with Crippen LogP contribution >= 0.6 is 0 Å². The van der Waals surface area contributed by atoms with Gasteiger partial charge in [-0.15, -0.1) is 0 Å². The molecule has 0 aliphatic carbocycles. The molecule has 4 heteroatoms. The fourth-order valence-electron chi connectivity index (χ4n) is 1.79. The second-order valence-electron chi connectivity index (χ2n) is 4.11. The van der Waals surface area contributed by atoms with E-state index in [0.29, 0.717) is 25.4 Å². The van der Waals surface area contributed by atoms with E-state index in [1.54, 1.807) is 7.11 Å². The number of ether oxygens (including phenoxy) is 2. The van der Waals surface area contributed by atoms with Crippen LogP contribution in [0.15, 0.2) is 0 Å². The summed E-state index contributed by atoms with van der Waals surface area (Å²) in [4.78, 5) is 11.7. The predicted molar refractivity (Wildman–Crippen MR) is 57.6 cm³/mol. The maximum Gasteiger partial charge on any atom is 0.149 e. The van der Waals surface area contributed by atoms with Gasteiger partial charge in [0.2, 0.25) is 0 Å². The van der Waals surface area contributed by atoms with E-state index in [-0.39, 0.29) is 11.8 Å². The lowest BCUT2D eigenvalue weighted by atomic mass is 9.91. The second kappa shape index (κ2) is 6.93. The van der Waals surface area contributed by atoms with Gasteiger partial charge in [-0.1, -0.05) is 0 Å². The summed E-state index contributed by atoms with van der Waals surface area (Å²) >= 11 is 0. The molecule has 0 aromatic carbocycles. The van der Waals surface area contributed by atoms with Crippen molar-refractivity contribution in [1.82, 2.24) is 0 Å². The van der Waals surface area contributed by atoms with Crippen molar-refractivity contribution in [1.29, 1.82) is 0 Å². The molecule has 0 aromatic heterocycles. The molecule has 0 spiro atoms. The van der Waals surface area contributed by atoms with Crippen LogP contribution in [0, 0.1) is 5.92 Å². The molecule has 1 heterocycles. The van der Waals surface area contributed by atoms with E-state index >= 15 is 0 Å². The smallest absolute Gasteiger partial charge is 0.149 e. The monoisotopic (exact) mass is 215 g/mol. The standard InChI is InChI=1S/C11H21NO3/c1-14-5-4-10(12)11(13)8-9-2-6-15-7-3-9/h9-10H,2-8,12H2,1H3. The highest BCUT2D eigenvalue weighted by molar-refractivity contribution is 5.83. The van der Waals surface area contributed by atoms with Crippen molar-refractivity contribution < 1.29 is 14.3 Å². The number of ketones is 1. The van der Waals surface area contributed by atoms with Gasteiger partial charge in [0.25, 0.3) is 0 Å². The Morgan fingerprint density at radius 3 is 2.80 bits per heavy atom. The third-order valence-electron chi connectivity index (χ3n) is 2.88. The summed E-state index contributed by atoms with van der Waals surface area (Å²) in [6, 6.07) is -0.354. The Balaban J connectivity index is 2.20. The van der Waals surface area contributed by atoms with E-state index in [1.165, 1.54) is 0 Å². The molecule has 1 saturated heterocycles. The molecule has 0 amide bonds.